The molecule has 0 spiro atoms. The highest BCUT2D eigenvalue weighted by atomic mass is 32.1. The average molecular weight is 333 g/mol. The molecule has 2 aromatic rings. The first-order chi connectivity index (χ1) is 11.0. The van der Waals surface area contributed by atoms with Gasteiger partial charge in [0.2, 0.25) is 0 Å². The van der Waals surface area contributed by atoms with Crippen molar-refractivity contribution in [2.45, 2.75) is 13.8 Å². The molecule has 0 aliphatic heterocycles. The maximum absolute atomic E-state index is 11.7. The zero-order chi connectivity index (χ0) is 16.8. The molecule has 23 heavy (non-hydrogen) atoms. The van der Waals surface area contributed by atoms with E-state index in [4.69, 9.17) is 4.74 Å². The van der Waals surface area contributed by atoms with Gasteiger partial charge in [0.05, 0.1) is 16.0 Å². The van der Waals surface area contributed by atoms with Gasteiger partial charge in [0, 0.05) is 6.07 Å². The maximum Gasteiger partial charge on any atom is 0.324 e. The fraction of sp³-hybridized carbons (Fsp3) is 0.200. The molecule has 1 amide bonds. The predicted molar refractivity (Wildman–Crippen MR) is 88.1 cm³/mol. The number of thiophene rings is 1. The smallest absolute Gasteiger partial charge is 0.324 e. The van der Waals surface area contributed by atoms with Gasteiger partial charge in [0.1, 0.15) is 5.75 Å². The number of amides is 1. The number of carbonyl (C=O) groups is 1. The number of aryl methyl sites for hydroxylation is 2. The van der Waals surface area contributed by atoms with Crippen LogP contribution in [0.1, 0.15) is 16.0 Å². The van der Waals surface area contributed by atoms with Crippen molar-refractivity contribution >= 4 is 28.5 Å². The van der Waals surface area contributed by atoms with Crippen molar-refractivity contribution in [3.8, 4) is 5.75 Å². The van der Waals surface area contributed by atoms with Crippen LogP contribution in [0.25, 0.3) is 0 Å². The Morgan fingerprint density at radius 3 is 2.87 bits per heavy atom. The lowest BCUT2D eigenvalue weighted by molar-refractivity contribution is -0.380. The summed E-state index contributed by atoms with van der Waals surface area (Å²) < 4.78 is 5.45. The monoisotopic (exact) mass is 333 g/mol. The van der Waals surface area contributed by atoms with E-state index in [0.717, 1.165) is 22.5 Å². The Morgan fingerprint density at radius 1 is 1.39 bits per heavy atom. The molecule has 120 valence electrons. The van der Waals surface area contributed by atoms with Gasteiger partial charge in [-0.25, -0.2) is 5.43 Å². The molecule has 1 aromatic heterocycles. The summed E-state index contributed by atoms with van der Waals surface area (Å²) in [7, 11) is 0. The van der Waals surface area contributed by atoms with Crippen molar-refractivity contribution in [1.29, 1.82) is 0 Å². The second kappa shape index (κ2) is 7.50. The third-order valence-electron chi connectivity index (χ3n) is 2.88. The second-order valence-electron chi connectivity index (χ2n) is 4.78. The van der Waals surface area contributed by atoms with Gasteiger partial charge in [-0.15, -0.1) is 0 Å². The lowest BCUT2D eigenvalue weighted by Gasteiger charge is -2.08. The van der Waals surface area contributed by atoms with E-state index in [9.17, 15) is 14.9 Å². The number of nitrogens with one attached hydrogen (secondary N) is 1. The summed E-state index contributed by atoms with van der Waals surface area (Å²) in [6.07, 6.45) is 1.35. The summed E-state index contributed by atoms with van der Waals surface area (Å²) in [6, 6.07) is 8.69. The average Bonchev–Trinajstić information content (AvgIpc) is 2.97. The molecule has 0 saturated heterocycles. The van der Waals surface area contributed by atoms with E-state index in [1.54, 1.807) is 6.07 Å². The second-order valence-corrected chi connectivity index (χ2v) is 5.88. The van der Waals surface area contributed by atoms with Crippen LogP contribution in [-0.2, 0) is 4.79 Å². The summed E-state index contributed by atoms with van der Waals surface area (Å²) in [5.74, 6) is 0.242. The Labute approximate surface area is 136 Å². The van der Waals surface area contributed by atoms with E-state index in [1.807, 2.05) is 32.0 Å². The summed E-state index contributed by atoms with van der Waals surface area (Å²) in [6.45, 7) is 3.68. The Bertz CT molecular complexity index is 755. The molecule has 0 saturated carbocycles. The summed E-state index contributed by atoms with van der Waals surface area (Å²) >= 11 is 0.975. The molecule has 0 unspecified atom stereocenters. The zero-order valence-corrected chi connectivity index (χ0v) is 13.4. The third kappa shape index (κ3) is 4.89. The molecule has 0 atom stereocenters. The summed E-state index contributed by atoms with van der Waals surface area (Å²) in [5, 5.41) is 14.3. The topological polar surface area (TPSA) is 93.8 Å². The minimum absolute atomic E-state index is 0.0241. The predicted octanol–water partition coefficient (Wildman–Crippen LogP) is 2.80. The van der Waals surface area contributed by atoms with E-state index >= 15 is 0 Å². The largest absolute Gasteiger partial charge is 0.483 e. The number of hydrazone groups is 1. The molecular formula is C15H15N3O4S. The maximum atomic E-state index is 11.7. The number of hydrogen-bond donors (Lipinski definition) is 1. The van der Waals surface area contributed by atoms with Gasteiger partial charge in [-0.2, -0.15) is 5.10 Å². The van der Waals surface area contributed by atoms with Gasteiger partial charge >= 0.3 is 5.00 Å². The lowest BCUT2D eigenvalue weighted by Crippen LogP contribution is -2.24. The Hall–Kier alpha value is -2.74. The first-order valence-corrected chi connectivity index (χ1v) is 7.53. The Kier molecular flexibility index (Phi) is 5.42. The van der Waals surface area contributed by atoms with Crippen molar-refractivity contribution in [2.75, 3.05) is 6.61 Å². The van der Waals surface area contributed by atoms with E-state index < -0.39 is 10.8 Å². The van der Waals surface area contributed by atoms with Crippen LogP contribution in [0.15, 0.2) is 35.4 Å². The van der Waals surface area contributed by atoms with Crippen molar-refractivity contribution in [2.24, 2.45) is 5.10 Å². The van der Waals surface area contributed by atoms with Crippen molar-refractivity contribution in [1.82, 2.24) is 5.43 Å². The normalized spacial score (nSPS) is 10.7. The van der Waals surface area contributed by atoms with Gasteiger partial charge in [0.15, 0.2) is 6.61 Å². The number of nitro groups is 1. The first kappa shape index (κ1) is 16.6. The zero-order valence-electron chi connectivity index (χ0n) is 12.6. The molecule has 0 fully saturated rings. The van der Waals surface area contributed by atoms with Gasteiger partial charge in [-0.05, 0) is 37.1 Å². The molecule has 2 rings (SSSR count). The molecule has 1 aromatic carbocycles. The lowest BCUT2D eigenvalue weighted by atomic mass is 10.1. The SMILES string of the molecule is Cc1ccc(C)c(OCC(=O)NN=Cc2ccc([N+](=O)[O-])s2)c1. The minimum Gasteiger partial charge on any atom is -0.483 e. The van der Waals surface area contributed by atoms with Crippen LogP contribution < -0.4 is 10.2 Å². The molecular weight excluding hydrogens is 318 g/mol. The number of ether oxygens (including phenoxy) is 1. The van der Waals surface area contributed by atoms with Crippen LogP contribution in [0.5, 0.6) is 5.75 Å². The molecule has 7 nitrogen and oxygen atoms in total. The summed E-state index contributed by atoms with van der Waals surface area (Å²) in [4.78, 5) is 22.3. The molecule has 0 aliphatic rings. The molecule has 8 heteroatoms. The quantitative estimate of drug-likeness (QED) is 0.499. The highest BCUT2D eigenvalue weighted by Crippen LogP contribution is 2.22. The van der Waals surface area contributed by atoms with Crippen molar-refractivity contribution < 1.29 is 14.5 Å². The van der Waals surface area contributed by atoms with E-state index in [1.165, 1.54) is 12.3 Å². The number of hydrogen-bond acceptors (Lipinski definition) is 6. The first-order valence-electron chi connectivity index (χ1n) is 6.72. The van der Waals surface area contributed by atoms with Crippen LogP contribution in [0, 0.1) is 24.0 Å². The van der Waals surface area contributed by atoms with Crippen LogP contribution in [-0.4, -0.2) is 23.7 Å². The number of rotatable bonds is 6. The standard InChI is InChI=1S/C15H15N3O4S/c1-10-3-4-11(2)13(7-10)22-9-14(19)17-16-8-12-5-6-15(23-12)18(20)21/h3-8H,9H2,1-2H3,(H,17,19). The van der Waals surface area contributed by atoms with Gasteiger partial charge in [-0.1, -0.05) is 23.5 Å². The molecule has 1 heterocycles. The fourth-order valence-electron chi connectivity index (χ4n) is 1.72. The highest BCUT2D eigenvalue weighted by Gasteiger charge is 2.08. The molecule has 0 aliphatic carbocycles. The summed E-state index contributed by atoms with van der Waals surface area (Å²) in [5.41, 5.74) is 4.30. The van der Waals surface area contributed by atoms with Crippen molar-refractivity contribution in [3.05, 3.63) is 56.5 Å². The van der Waals surface area contributed by atoms with Gasteiger partial charge in [0.25, 0.3) is 5.91 Å². The van der Waals surface area contributed by atoms with Gasteiger partial charge in [-0.3, -0.25) is 14.9 Å². The number of benzene rings is 1. The highest BCUT2D eigenvalue weighted by molar-refractivity contribution is 7.16. The third-order valence-corrected chi connectivity index (χ3v) is 3.85. The van der Waals surface area contributed by atoms with E-state index in [2.05, 4.69) is 10.5 Å². The van der Waals surface area contributed by atoms with Crippen LogP contribution in [0.4, 0.5) is 5.00 Å². The number of carbonyl (C=O) groups excluding carboxylic acids is 1. The van der Waals surface area contributed by atoms with E-state index in [-0.39, 0.29) is 11.6 Å². The number of nitrogens with zero attached hydrogens (tertiary/aromatic N) is 2. The molecule has 0 bridgehead atoms. The Morgan fingerprint density at radius 2 is 2.17 bits per heavy atom. The minimum atomic E-state index is -0.474. The van der Waals surface area contributed by atoms with Crippen molar-refractivity contribution in [3.63, 3.8) is 0 Å². The fourth-order valence-corrected chi connectivity index (χ4v) is 2.41. The van der Waals surface area contributed by atoms with Crippen LogP contribution in [0.3, 0.4) is 0 Å². The van der Waals surface area contributed by atoms with Crippen LogP contribution >= 0.6 is 11.3 Å². The van der Waals surface area contributed by atoms with Gasteiger partial charge < -0.3 is 4.74 Å². The van der Waals surface area contributed by atoms with Crippen LogP contribution in [0.2, 0.25) is 0 Å². The molecule has 0 radical (unpaired) electrons. The molecule has 1 N–H and O–H groups in total. The Balaban J connectivity index is 1.83. The van der Waals surface area contributed by atoms with E-state index in [0.29, 0.717) is 10.6 Å².